The zero-order valence-electron chi connectivity index (χ0n) is 16.0. The maximum atomic E-state index is 12.9. The summed E-state index contributed by atoms with van der Waals surface area (Å²) in [6.45, 7) is 5.51. The van der Waals surface area contributed by atoms with E-state index in [-0.39, 0.29) is 11.7 Å². The molecule has 5 heteroatoms. The first-order valence-corrected chi connectivity index (χ1v) is 9.98. The van der Waals surface area contributed by atoms with E-state index in [1.54, 1.807) is 18.2 Å². The summed E-state index contributed by atoms with van der Waals surface area (Å²) >= 11 is 0. The van der Waals surface area contributed by atoms with Gasteiger partial charge in [-0.3, -0.25) is 9.69 Å². The van der Waals surface area contributed by atoms with Gasteiger partial charge < -0.3 is 10.2 Å². The van der Waals surface area contributed by atoms with E-state index in [9.17, 15) is 9.18 Å². The van der Waals surface area contributed by atoms with Crippen LogP contribution in [0.25, 0.3) is 6.08 Å². The predicted molar refractivity (Wildman–Crippen MR) is 112 cm³/mol. The maximum Gasteiger partial charge on any atom is 0.248 e. The number of rotatable bonds is 6. The number of carbonyl (C=O) groups excluding carboxylic acids is 1. The van der Waals surface area contributed by atoms with Gasteiger partial charge in [-0.1, -0.05) is 18.2 Å². The number of hydrogen-bond donors (Lipinski definition) is 1. The molecule has 1 amide bonds. The molecule has 0 atom stereocenters. The molecule has 2 aliphatic rings. The van der Waals surface area contributed by atoms with Crippen molar-refractivity contribution in [2.75, 3.05) is 42.9 Å². The average Bonchev–Trinajstić information content (AvgIpc) is 3.52. The van der Waals surface area contributed by atoms with Gasteiger partial charge in [0.1, 0.15) is 5.82 Å². The Labute approximate surface area is 165 Å². The quantitative estimate of drug-likeness (QED) is 0.771. The number of hydrogen-bond acceptors (Lipinski definition) is 3. The zero-order chi connectivity index (χ0) is 19.3. The van der Waals surface area contributed by atoms with E-state index < -0.39 is 0 Å². The predicted octanol–water partition coefficient (Wildman–Crippen LogP) is 4.01. The summed E-state index contributed by atoms with van der Waals surface area (Å²) in [6, 6.07) is 14.0. The number of nitrogens with one attached hydrogen (secondary N) is 1. The Balaban J connectivity index is 1.31. The molecule has 0 bridgehead atoms. The molecule has 1 heterocycles. The van der Waals surface area contributed by atoms with Gasteiger partial charge in [-0.2, -0.15) is 0 Å². The van der Waals surface area contributed by atoms with Gasteiger partial charge in [-0.05, 0) is 60.7 Å². The van der Waals surface area contributed by atoms with Gasteiger partial charge >= 0.3 is 0 Å². The second-order valence-corrected chi connectivity index (χ2v) is 7.66. The highest BCUT2D eigenvalue weighted by molar-refractivity contribution is 6.02. The monoisotopic (exact) mass is 379 g/mol. The fourth-order valence-corrected chi connectivity index (χ4v) is 3.56. The molecule has 28 heavy (non-hydrogen) atoms. The molecule has 0 radical (unpaired) electrons. The van der Waals surface area contributed by atoms with Crippen molar-refractivity contribution >= 4 is 23.4 Å². The molecule has 1 saturated carbocycles. The van der Waals surface area contributed by atoms with E-state index in [0.29, 0.717) is 0 Å². The SMILES string of the molecule is O=C(/C=C/c1ccc(F)cc1)Nc1cccc(N2CCN(CC3CC3)CC2)c1. The third kappa shape index (κ3) is 5.20. The van der Waals surface area contributed by atoms with E-state index >= 15 is 0 Å². The van der Waals surface area contributed by atoms with Crippen LogP contribution >= 0.6 is 0 Å². The van der Waals surface area contributed by atoms with Crippen molar-refractivity contribution < 1.29 is 9.18 Å². The number of benzene rings is 2. The summed E-state index contributed by atoms with van der Waals surface area (Å²) in [5.74, 6) is 0.454. The number of amides is 1. The van der Waals surface area contributed by atoms with Gasteiger partial charge in [0.25, 0.3) is 0 Å². The van der Waals surface area contributed by atoms with Crippen LogP contribution in [0.4, 0.5) is 15.8 Å². The van der Waals surface area contributed by atoms with E-state index in [4.69, 9.17) is 0 Å². The van der Waals surface area contributed by atoms with Crippen LogP contribution in [0.3, 0.4) is 0 Å². The van der Waals surface area contributed by atoms with Crippen LogP contribution in [-0.2, 0) is 4.79 Å². The highest BCUT2D eigenvalue weighted by atomic mass is 19.1. The van der Waals surface area contributed by atoms with Crippen LogP contribution in [0.15, 0.2) is 54.6 Å². The fraction of sp³-hybridized carbons (Fsp3) is 0.348. The number of halogens is 1. The second kappa shape index (κ2) is 8.57. The van der Waals surface area contributed by atoms with Gasteiger partial charge in [0.15, 0.2) is 0 Å². The first-order chi connectivity index (χ1) is 13.7. The number of anilines is 2. The first-order valence-electron chi connectivity index (χ1n) is 9.98. The summed E-state index contributed by atoms with van der Waals surface area (Å²) in [4.78, 5) is 17.2. The Hall–Kier alpha value is -2.66. The minimum absolute atomic E-state index is 0.198. The summed E-state index contributed by atoms with van der Waals surface area (Å²) in [7, 11) is 0. The van der Waals surface area contributed by atoms with Crippen molar-refractivity contribution in [2.45, 2.75) is 12.8 Å². The molecule has 2 aromatic rings. The van der Waals surface area contributed by atoms with Crippen LogP contribution in [0, 0.1) is 11.7 Å². The standard InChI is InChI=1S/C23H26FN3O/c24-20-9-6-18(7-10-20)8-11-23(28)25-21-2-1-3-22(16-21)27-14-12-26(13-15-27)17-19-4-5-19/h1-3,6-11,16,19H,4-5,12-15,17H2,(H,25,28)/b11-8+. The Morgan fingerprint density at radius 1 is 1.07 bits per heavy atom. The summed E-state index contributed by atoms with van der Waals surface area (Å²) < 4.78 is 12.9. The minimum atomic E-state index is -0.285. The van der Waals surface area contributed by atoms with Crippen molar-refractivity contribution in [1.29, 1.82) is 0 Å². The van der Waals surface area contributed by atoms with E-state index in [0.717, 1.165) is 49.0 Å². The van der Waals surface area contributed by atoms with Crippen molar-refractivity contribution in [1.82, 2.24) is 4.90 Å². The van der Waals surface area contributed by atoms with Gasteiger partial charge in [0.2, 0.25) is 5.91 Å². The van der Waals surface area contributed by atoms with E-state index in [1.807, 2.05) is 18.2 Å². The molecular weight excluding hydrogens is 353 g/mol. The van der Waals surface area contributed by atoms with Crippen LogP contribution in [0.1, 0.15) is 18.4 Å². The molecular formula is C23H26FN3O. The summed E-state index contributed by atoms with van der Waals surface area (Å²) in [6.07, 6.45) is 5.95. The third-order valence-electron chi connectivity index (χ3n) is 5.36. The molecule has 1 aliphatic carbocycles. The maximum absolute atomic E-state index is 12.9. The number of carbonyl (C=O) groups is 1. The fourth-order valence-electron chi connectivity index (χ4n) is 3.56. The van der Waals surface area contributed by atoms with Gasteiger partial charge in [0, 0.05) is 50.2 Å². The lowest BCUT2D eigenvalue weighted by molar-refractivity contribution is -0.111. The molecule has 4 nitrogen and oxygen atoms in total. The lowest BCUT2D eigenvalue weighted by Gasteiger charge is -2.36. The zero-order valence-corrected chi connectivity index (χ0v) is 16.0. The minimum Gasteiger partial charge on any atom is -0.369 e. The molecule has 4 rings (SSSR count). The van der Waals surface area contributed by atoms with Crippen molar-refractivity contribution in [3.05, 3.63) is 66.0 Å². The van der Waals surface area contributed by atoms with Crippen molar-refractivity contribution in [3.63, 3.8) is 0 Å². The van der Waals surface area contributed by atoms with Crippen molar-refractivity contribution in [3.8, 4) is 0 Å². The summed E-state index contributed by atoms with van der Waals surface area (Å²) in [5.41, 5.74) is 2.72. The number of nitrogens with zero attached hydrogens (tertiary/aromatic N) is 2. The Kier molecular flexibility index (Phi) is 5.72. The van der Waals surface area contributed by atoms with Crippen LogP contribution in [0.2, 0.25) is 0 Å². The van der Waals surface area contributed by atoms with E-state index in [2.05, 4.69) is 21.2 Å². The van der Waals surface area contributed by atoms with Crippen LogP contribution in [0.5, 0.6) is 0 Å². The molecule has 2 fully saturated rings. The van der Waals surface area contributed by atoms with Gasteiger partial charge in [0.05, 0.1) is 0 Å². The molecule has 0 aromatic heterocycles. The molecule has 0 unspecified atom stereocenters. The average molecular weight is 379 g/mol. The normalized spacial score (nSPS) is 17.8. The molecule has 146 valence electrons. The Bertz CT molecular complexity index is 837. The Morgan fingerprint density at radius 3 is 2.54 bits per heavy atom. The lowest BCUT2D eigenvalue weighted by Crippen LogP contribution is -2.47. The van der Waals surface area contributed by atoms with Crippen LogP contribution in [-0.4, -0.2) is 43.5 Å². The smallest absolute Gasteiger partial charge is 0.248 e. The highest BCUT2D eigenvalue weighted by Crippen LogP contribution is 2.30. The molecule has 0 spiro atoms. The summed E-state index contributed by atoms with van der Waals surface area (Å²) in [5, 5.41) is 2.91. The largest absolute Gasteiger partial charge is 0.369 e. The van der Waals surface area contributed by atoms with Crippen molar-refractivity contribution in [2.24, 2.45) is 5.92 Å². The Morgan fingerprint density at radius 2 is 1.82 bits per heavy atom. The highest BCUT2D eigenvalue weighted by Gasteiger charge is 2.26. The first kappa shape index (κ1) is 18.7. The van der Waals surface area contributed by atoms with E-state index in [1.165, 1.54) is 37.6 Å². The molecule has 1 N–H and O–H groups in total. The van der Waals surface area contributed by atoms with Gasteiger partial charge in [-0.15, -0.1) is 0 Å². The second-order valence-electron chi connectivity index (χ2n) is 7.66. The van der Waals surface area contributed by atoms with Gasteiger partial charge in [-0.25, -0.2) is 4.39 Å². The third-order valence-corrected chi connectivity index (χ3v) is 5.36. The lowest BCUT2D eigenvalue weighted by atomic mass is 10.2. The molecule has 1 saturated heterocycles. The molecule has 2 aromatic carbocycles. The van der Waals surface area contributed by atoms with Crippen LogP contribution < -0.4 is 10.2 Å². The molecule has 1 aliphatic heterocycles. The topological polar surface area (TPSA) is 35.6 Å². The number of piperazine rings is 1.